The monoisotopic (exact) mass is 645 g/mol. The van der Waals surface area contributed by atoms with Gasteiger partial charge < -0.3 is 29.4 Å². The van der Waals surface area contributed by atoms with E-state index in [0.29, 0.717) is 29.1 Å². The summed E-state index contributed by atoms with van der Waals surface area (Å²) >= 11 is 0. The van der Waals surface area contributed by atoms with Gasteiger partial charge in [0.25, 0.3) is 5.91 Å². The number of piperidine rings is 2. The number of nitrogens with two attached hydrogens (primary N) is 1. The SMILES string of the molecule is COc1cc(C(=O)N2C[C@H]3CC[C@@H]2[C@@H]3N)cc2nc(-c3cc4cccnc4n3CC3CC3)n(CC3CCN(c4ccnc(C)n4)CC3)c12. The molecule has 11 nitrogen and oxygen atoms in total. The summed E-state index contributed by atoms with van der Waals surface area (Å²) in [5.74, 6) is 4.89. The number of ether oxygens (including phenoxy) is 1. The Morgan fingerprint density at radius 2 is 1.75 bits per heavy atom. The summed E-state index contributed by atoms with van der Waals surface area (Å²) in [6, 6.07) is 12.5. The smallest absolute Gasteiger partial charge is 0.254 e. The number of hydrogen-bond acceptors (Lipinski definition) is 8. The molecular weight excluding hydrogens is 602 g/mol. The molecule has 0 unspecified atom stereocenters. The van der Waals surface area contributed by atoms with Crippen LogP contribution >= 0.6 is 0 Å². The molecule has 2 saturated heterocycles. The van der Waals surface area contributed by atoms with Gasteiger partial charge in [-0.15, -0.1) is 0 Å². The molecule has 4 aromatic heterocycles. The number of benzene rings is 1. The number of rotatable bonds is 8. The number of fused-ring (bicyclic) bond motifs is 4. The van der Waals surface area contributed by atoms with Crippen molar-refractivity contribution in [3.05, 3.63) is 60.2 Å². The van der Waals surface area contributed by atoms with Crippen LogP contribution in [0.1, 0.15) is 54.7 Å². The largest absolute Gasteiger partial charge is 0.494 e. The van der Waals surface area contributed by atoms with Crippen LogP contribution in [0.5, 0.6) is 5.75 Å². The summed E-state index contributed by atoms with van der Waals surface area (Å²) in [5.41, 5.74) is 10.9. The summed E-state index contributed by atoms with van der Waals surface area (Å²) in [6.45, 7) is 6.27. The zero-order valence-electron chi connectivity index (χ0n) is 27.8. The van der Waals surface area contributed by atoms with E-state index in [-0.39, 0.29) is 18.0 Å². The second-order valence-corrected chi connectivity index (χ2v) is 14.4. The van der Waals surface area contributed by atoms with Gasteiger partial charge in [-0.25, -0.2) is 19.9 Å². The Morgan fingerprint density at radius 3 is 2.48 bits per heavy atom. The predicted molar refractivity (Wildman–Crippen MR) is 185 cm³/mol. The van der Waals surface area contributed by atoms with Gasteiger partial charge in [-0.05, 0) is 99.6 Å². The lowest BCUT2D eigenvalue weighted by atomic mass is 9.96. The fourth-order valence-electron chi connectivity index (χ4n) is 8.57. The second kappa shape index (κ2) is 11.6. The topological polar surface area (TPSA) is 120 Å². The maximum atomic E-state index is 14.0. The third-order valence-electron chi connectivity index (χ3n) is 11.4. The Morgan fingerprint density at radius 1 is 0.938 bits per heavy atom. The van der Waals surface area contributed by atoms with E-state index < -0.39 is 0 Å². The first-order valence-corrected chi connectivity index (χ1v) is 17.6. The van der Waals surface area contributed by atoms with Gasteiger partial charge in [0.2, 0.25) is 0 Å². The molecule has 1 aromatic carbocycles. The van der Waals surface area contributed by atoms with Crippen molar-refractivity contribution in [1.29, 1.82) is 0 Å². The molecule has 248 valence electrons. The average Bonchev–Trinajstić information content (AvgIpc) is 3.47. The first kappa shape index (κ1) is 29.6. The maximum absolute atomic E-state index is 14.0. The highest BCUT2D eigenvalue weighted by Gasteiger charge is 2.47. The Kier molecular flexibility index (Phi) is 7.14. The minimum atomic E-state index is 0.0216. The number of methoxy groups -OCH3 is 1. The zero-order chi connectivity index (χ0) is 32.5. The summed E-state index contributed by atoms with van der Waals surface area (Å²) < 4.78 is 10.8. The predicted octanol–water partition coefficient (Wildman–Crippen LogP) is 5.05. The van der Waals surface area contributed by atoms with E-state index in [1.165, 1.54) is 12.8 Å². The van der Waals surface area contributed by atoms with Crippen LogP contribution in [0.15, 0.2) is 48.8 Å². The molecule has 2 N–H and O–H groups in total. The molecule has 2 bridgehead atoms. The van der Waals surface area contributed by atoms with Crippen molar-refractivity contribution < 1.29 is 9.53 Å². The van der Waals surface area contributed by atoms with Crippen LogP contribution in [0.25, 0.3) is 33.6 Å². The molecule has 48 heavy (non-hydrogen) atoms. The molecule has 5 aromatic rings. The van der Waals surface area contributed by atoms with Crippen molar-refractivity contribution in [3.8, 4) is 17.3 Å². The van der Waals surface area contributed by atoms with Gasteiger partial charge in [-0.1, -0.05) is 0 Å². The highest BCUT2D eigenvalue weighted by molar-refractivity contribution is 6.00. The first-order chi connectivity index (χ1) is 23.4. The average molecular weight is 646 g/mol. The molecule has 2 aliphatic carbocycles. The molecule has 2 saturated carbocycles. The van der Waals surface area contributed by atoms with E-state index in [2.05, 4.69) is 36.1 Å². The number of aromatic nitrogens is 6. The van der Waals surface area contributed by atoms with E-state index >= 15 is 0 Å². The quantitative estimate of drug-likeness (QED) is 0.249. The highest BCUT2D eigenvalue weighted by Crippen LogP contribution is 2.41. The van der Waals surface area contributed by atoms with Crippen molar-refractivity contribution in [2.45, 2.75) is 70.6 Å². The number of amides is 1. The molecule has 2 aliphatic heterocycles. The number of carbonyl (C=O) groups is 1. The first-order valence-electron chi connectivity index (χ1n) is 17.6. The molecule has 3 atom stereocenters. The molecule has 6 heterocycles. The van der Waals surface area contributed by atoms with Gasteiger partial charge >= 0.3 is 0 Å². The fraction of sp³-hybridized carbons (Fsp3) is 0.486. The lowest BCUT2D eigenvalue weighted by Crippen LogP contribution is -2.41. The van der Waals surface area contributed by atoms with Crippen molar-refractivity contribution in [1.82, 2.24) is 34.0 Å². The van der Waals surface area contributed by atoms with E-state index in [4.69, 9.17) is 20.4 Å². The third-order valence-corrected chi connectivity index (χ3v) is 11.4. The number of imidazole rings is 1. The number of nitrogens with zero attached hydrogens (tertiary/aromatic N) is 8. The van der Waals surface area contributed by atoms with E-state index in [9.17, 15) is 4.79 Å². The van der Waals surface area contributed by atoms with Crippen molar-refractivity contribution in [3.63, 3.8) is 0 Å². The molecular formula is C37H43N9O2. The van der Waals surface area contributed by atoms with Crippen molar-refractivity contribution in [2.75, 3.05) is 31.6 Å². The lowest BCUT2D eigenvalue weighted by molar-refractivity contribution is 0.0700. The maximum Gasteiger partial charge on any atom is 0.254 e. The minimum absolute atomic E-state index is 0.0216. The van der Waals surface area contributed by atoms with Gasteiger partial charge in [-0.2, -0.15) is 0 Å². The zero-order valence-corrected chi connectivity index (χ0v) is 27.8. The van der Waals surface area contributed by atoms with Gasteiger partial charge in [0.15, 0.2) is 5.82 Å². The van der Waals surface area contributed by atoms with Crippen molar-refractivity contribution in [2.24, 2.45) is 23.5 Å². The highest BCUT2D eigenvalue weighted by atomic mass is 16.5. The number of carbonyl (C=O) groups excluding carboxylic acids is 1. The molecule has 0 spiro atoms. The van der Waals surface area contributed by atoms with Crippen LogP contribution < -0.4 is 15.4 Å². The number of anilines is 1. The van der Waals surface area contributed by atoms with Gasteiger partial charge in [-0.3, -0.25) is 4.79 Å². The number of likely N-dealkylation sites (tertiary alicyclic amines) is 1. The Bertz CT molecular complexity index is 2020. The Balaban J connectivity index is 1.12. The molecule has 9 rings (SSSR count). The minimum Gasteiger partial charge on any atom is -0.494 e. The van der Waals surface area contributed by atoms with Crippen LogP contribution in [0.2, 0.25) is 0 Å². The molecule has 11 heteroatoms. The van der Waals surface area contributed by atoms with Crippen molar-refractivity contribution >= 4 is 33.8 Å². The van der Waals surface area contributed by atoms with Crippen LogP contribution in [0.3, 0.4) is 0 Å². The van der Waals surface area contributed by atoms with Crippen LogP contribution in [-0.2, 0) is 13.1 Å². The molecule has 1 amide bonds. The van der Waals surface area contributed by atoms with Crippen LogP contribution in [0, 0.1) is 24.7 Å². The van der Waals surface area contributed by atoms with Crippen LogP contribution in [-0.4, -0.2) is 78.7 Å². The number of aryl methyl sites for hydroxylation is 1. The van der Waals surface area contributed by atoms with Crippen LogP contribution in [0.4, 0.5) is 5.82 Å². The summed E-state index contributed by atoms with van der Waals surface area (Å²) in [4.78, 5) is 37.5. The Hall–Kier alpha value is -4.51. The molecule has 4 aliphatic rings. The normalized spacial score (nSPS) is 22.8. The Labute approximate surface area is 280 Å². The number of pyridine rings is 1. The van der Waals surface area contributed by atoms with Gasteiger partial charge in [0.05, 0.1) is 18.3 Å². The van der Waals surface area contributed by atoms with E-state index in [1.54, 1.807) is 7.11 Å². The van der Waals surface area contributed by atoms with E-state index in [0.717, 1.165) is 104 Å². The summed E-state index contributed by atoms with van der Waals surface area (Å²) in [5, 5.41) is 1.11. The molecule has 4 fully saturated rings. The second-order valence-electron chi connectivity index (χ2n) is 14.4. The standard InChI is InChI=1S/C37H43N9O2/c1-22-39-13-9-32(41-22)43-14-10-24(11-15-43)20-46-34-28(16-27(18-31(34)48-2)37(47)45-21-26-7-8-29(45)33(26)38)42-36(46)30-17-25-4-3-12-40-35(25)44(30)19-23-5-6-23/h3-4,9,12-13,16-18,23-24,26,29,33H,5-8,10-11,14-15,19-21,38H2,1-2H3/t26-,29-,33-/m1/s1. The molecule has 0 radical (unpaired) electrons. The van der Waals surface area contributed by atoms with E-state index in [1.807, 2.05) is 48.5 Å². The lowest BCUT2D eigenvalue weighted by Gasteiger charge is -2.33. The fourth-order valence-corrected chi connectivity index (χ4v) is 8.57. The van der Waals surface area contributed by atoms with Gasteiger partial charge in [0.1, 0.15) is 28.6 Å². The third kappa shape index (κ3) is 5.01. The number of hydrogen-bond donors (Lipinski definition) is 1. The van der Waals surface area contributed by atoms with Gasteiger partial charge in [0, 0.05) is 68.2 Å². The summed E-state index contributed by atoms with van der Waals surface area (Å²) in [6.07, 6.45) is 10.4. The summed E-state index contributed by atoms with van der Waals surface area (Å²) in [7, 11) is 1.70.